The van der Waals surface area contributed by atoms with Crippen molar-refractivity contribution >= 4 is 5.69 Å². The van der Waals surface area contributed by atoms with Crippen LogP contribution in [0, 0.1) is 19.3 Å². The standard InChI is InChI=1S/C13H21NO/c1-10-5-6-12(11(2)7-10)14-8-13(3,4)9-15/h5-7,14-15H,8-9H2,1-4H3. The van der Waals surface area contributed by atoms with Crippen LogP contribution in [0.5, 0.6) is 0 Å². The predicted molar refractivity (Wildman–Crippen MR) is 65.3 cm³/mol. The minimum Gasteiger partial charge on any atom is -0.396 e. The Kier molecular flexibility index (Phi) is 3.75. The Balaban J connectivity index is 2.66. The van der Waals surface area contributed by atoms with Crippen LogP contribution in [0.15, 0.2) is 18.2 Å². The van der Waals surface area contributed by atoms with Crippen LogP contribution in [-0.4, -0.2) is 18.3 Å². The Morgan fingerprint density at radius 1 is 1.27 bits per heavy atom. The molecule has 2 nitrogen and oxygen atoms in total. The number of benzene rings is 1. The Morgan fingerprint density at radius 2 is 1.93 bits per heavy atom. The van der Waals surface area contributed by atoms with E-state index in [1.54, 1.807) is 0 Å². The number of aryl methyl sites for hydroxylation is 2. The maximum Gasteiger partial charge on any atom is 0.0498 e. The number of rotatable bonds is 4. The lowest BCUT2D eigenvalue weighted by Crippen LogP contribution is -2.27. The number of anilines is 1. The molecule has 1 aromatic carbocycles. The van der Waals surface area contributed by atoms with E-state index in [1.807, 2.05) is 13.8 Å². The zero-order chi connectivity index (χ0) is 11.5. The van der Waals surface area contributed by atoms with Gasteiger partial charge in [-0.05, 0) is 25.5 Å². The van der Waals surface area contributed by atoms with Crippen molar-refractivity contribution in [2.75, 3.05) is 18.5 Å². The fraction of sp³-hybridized carbons (Fsp3) is 0.538. The largest absolute Gasteiger partial charge is 0.396 e. The highest BCUT2D eigenvalue weighted by atomic mass is 16.3. The first-order valence-electron chi connectivity index (χ1n) is 5.36. The smallest absolute Gasteiger partial charge is 0.0498 e. The summed E-state index contributed by atoms with van der Waals surface area (Å²) in [7, 11) is 0. The van der Waals surface area contributed by atoms with E-state index in [2.05, 4.69) is 37.4 Å². The van der Waals surface area contributed by atoms with E-state index >= 15 is 0 Å². The maximum absolute atomic E-state index is 9.15. The van der Waals surface area contributed by atoms with Gasteiger partial charge >= 0.3 is 0 Å². The SMILES string of the molecule is Cc1ccc(NCC(C)(C)CO)c(C)c1. The molecular weight excluding hydrogens is 186 g/mol. The van der Waals surface area contributed by atoms with Gasteiger partial charge in [0.1, 0.15) is 0 Å². The molecule has 0 aromatic heterocycles. The van der Waals surface area contributed by atoms with Gasteiger partial charge in [0.15, 0.2) is 0 Å². The molecule has 0 aliphatic rings. The number of nitrogens with one attached hydrogen (secondary N) is 1. The monoisotopic (exact) mass is 207 g/mol. The van der Waals surface area contributed by atoms with Crippen molar-refractivity contribution in [1.29, 1.82) is 0 Å². The zero-order valence-corrected chi connectivity index (χ0v) is 10.1. The zero-order valence-electron chi connectivity index (χ0n) is 10.1. The van der Waals surface area contributed by atoms with Crippen LogP contribution >= 0.6 is 0 Å². The van der Waals surface area contributed by atoms with Gasteiger partial charge in [-0.15, -0.1) is 0 Å². The molecule has 0 saturated heterocycles. The van der Waals surface area contributed by atoms with Gasteiger partial charge < -0.3 is 10.4 Å². The molecular formula is C13H21NO. The molecule has 15 heavy (non-hydrogen) atoms. The highest BCUT2D eigenvalue weighted by Gasteiger charge is 2.15. The molecule has 0 bridgehead atoms. The summed E-state index contributed by atoms with van der Waals surface area (Å²) in [5.74, 6) is 0. The number of aliphatic hydroxyl groups excluding tert-OH is 1. The Morgan fingerprint density at radius 3 is 2.47 bits per heavy atom. The van der Waals surface area contributed by atoms with Gasteiger partial charge in [0.05, 0.1) is 0 Å². The van der Waals surface area contributed by atoms with Crippen LogP contribution < -0.4 is 5.32 Å². The van der Waals surface area contributed by atoms with Crippen LogP contribution in [0.2, 0.25) is 0 Å². The molecule has 84 valence electrons. The van der Waals surface area contributed by atoms with Gasteiger partial charge in [0.2, 0.25) is 0 Å². The number of hydrogen-bond donors (Lipinski definition) is 2. The van der Waals surface area contributed by atoms with Gasteiger partial charge in [-0.3, -0.25) is 0 Å². The third-order valence-corrected chi connectivity index (χ3v) is 2.57. The molecule has 0 aliphatic carbocycles. The topological polar surface area (TPSA) is 32.3 Å². The molecule has 0 atom stereocenters. The number of aliphatic hydroxyl groups is 1. The molecule has 0 spiro atoms. The minimum absolute atomic E-state index is 0.0721. The predicted octanol–water partition coefficient (Wildman–Crippen LogP) is 2.73. The highest BCUT2D eigenvalue weighted by molar-refractivity contribution is 5.51. The van der Waals surface area contributed by atoms with E-state index in [0.29, 0.717) is 0 Å². The summed E-state index contributed by atoms with van der Waals surface area (Å²) in [6.07, 6.45) is 0. The minimum atomic E-state index is -0.0721. The average molecular weight is 207 g/mol. The first kappa shape index (κ1) is 12.1. The molecule has 0 unspecified atom stereocenters. The molecule has 1 rings (SSSR count). The normalized spacial score (nSPS) is 11.5. The van der Waals surface area contributed by atoms with Crippen LogP contribution in [0.4, 0.5) is 5.69 Å². The van der Waals surface area contributed by atoms with Crippen molar-refractivity contribution in [2.24, 2.45) is 5.41 Å². The summed E-state index contributed by atoms with van der Waals surface area (Å²) in [6.45, 7) is 9.26. The van der Waals surface area contributed by atoms with Gasteiger partial charge in [-0.25, -0.2) is 0 Å². The molecule has 0 fully saturated rings. The second-order valence-corrected chi connectivity index (χ2v) is 4.99. The average Bonchev–Trinajstić information content (AvgIpc) is 2.16. The Hall–Kier alpha value is -1.02. The lowest BCUT2D eigenvalue weighted by Gasteiger charge is -2.23. The van der Waals surface area contributed by atoms with Crippen LogP contribution in [0.3, 0.4) is 0 Å². The van der Waals surface area contributed by atoms with Gasteiger partial charge in [-0.1, -0.05) is 31.5 Å². The van der Waals surface area contributed by atoms with E-state index in [4.69, 9.17) is 5.11 Å². The van der Waals surface area contributed by atoms with E-state index in [-0.39, 0.29) is 12.0 Å². The molecule has 0 heterocycles. The fourth-order valence-corrected chi connectivity index (χ4v) is 1.40. The summed E-state index contributed by atoms with van der Waals surface area (Å²) >= 11 is 0. The second-order valence-electron chi connectivity index (χ2n) is 4.99. The third kappa shape index (κ3) is 3.56. The quantitative estimate of drug-likeness (QED) is 0.795. The molecule has 0 amide bonds. The van der Waals surface area contributed by atoms with E-state index in [0.717, 1.165) is 12.2 Å². The fourth-order valence-electron chi connectivity index (χ4n) is 1.40. The van der Waals surface area contributed by atoms with Crippen LogP contribution in [0.25, 0.3) is 0 Å². The molecule has 2 heteroatoms. The lowest BCUT2D eigenvalue weighted by atomic mass is 9.94. The maximum atomic E-state index is 9.15. The van der Waals surface area contributed by atoms with E-state index in [1.165, 1.54) is 11.1 Å². The molecule has 0 aliphatic heterocycles. The van der Waals surface area contributed by atoms with Crippen molar-refractivity contribution in [3.63, 3.8) is 0 Å². The van der Waals surface area contributed by atoms with Crippen molar-refractivity contribution in [2.45, 2.75) is 27.7 Å². The molecule has 0 saturated carbocycles. The summed E-state index contributed by atoms with van der Waals surface area (Å²) in [5.41, 5.74) is 3.61. The van der Waals surface area contributed by atoms with E-state index in [9.17, 15) is 0 Å². The van der Waals surface area contributed by atoms with Crippen molar-refractivity contribution < 1.29 is 5.11 Å². The van der Waals surface area contributed by atoms with Crippen molar-refractivity contribution in [3.05, 3.63) is 29.3 Å². The van der Waals surface area contributed by atoms with Crippen molar-refractivity contribution in [1.82, 2.24) is 0 Å². The molecule has 0 radical (unpaired) electrons. The molecule has 2 N–H and O–H groups in total. The van der Waals surface area contributed by atoms with Gasteiger partial charge in [-0.2, -0.15) is 0 Å². The first-order valence-corrected chi connectivity index (χ1v) is 5.36. The third-order valence-electron chi connectivity index (χ3n) is 2.57. The van der Waals surface area contributed by atoms with Crippen LogP contribution in [-0.2, 0) is 0 Å². The number of hydrogen-bond acceptors (Lipinski definition) is 2. The van der Waals surface area contributed by atoms with E-state index < -0.39 is 0 Å². The Labute approximate surface area is 92.3 Å². The summed E-state index contributed by atoms with van der Waals surface area (Å²) in [4.78, 5) is 0. The van der Waals surface area contributed by atoms with Crippen LogP contribution in [0.1, 0.15) is 25.0 Å². The van der Waals surface area contributed by atoms with Gasteiger partial charge in [0.25, 0.3) is 0 Å². The lowest BCUT2D eigenvalue weighted by molar-refractivity contribution is 0.171. The summed E-state index contributed by atoms with van der Waals surface area (Å²) < 4.78 is 0. The molecule has 1 aromatic rings. The summed E-state index contributed by atoms with van der Waals surface area (Å²) in [5, 5.41) is 12.5. The highest BCUT2D eigenvalue weighted by Crippen LogP contribution is 2.19. The summed E-state index contributed by atoms with van der Waals surface area (Å²) in [6, 6.07) is 6.35. The first-order chi connectivity index (χ1) is 6.94. The van der Waals surface area contributed by atoms with Gasteiger partial charge in [0, 0.05) is 24.3 Å². The Bertz CT molecular complexity index is 331. The second kappa shape index (κ2) is 4.67. The van der Waals surface area contributed by atoms with Crippen molar-refractivity contribution in [3.8, 4) is 0 Å².